The van der Waals surface area contributed by atoms with Gasteiger partial charge in [-0.25, -0.2) is 4.79 Å². The number of amides is 1. The fourth-order valence-electron chi connectivity index (χ4n) is 6.16. The topological polar surface area (TPSA) is 122 Å². The van der Waals surface area contributed by atoms with Crippen LogP contribution in [0.2, 0.25) is 0 Å². The molecule has 9 atom stereocenters. The summed E-state index contributed by atoms with van der Waals surface area (Å²) >= 11 is 0. The lowest BCUT2D eigenvalue weighted by atomic mass is 9.57. The molecule has 36 heavy (non-hydrogen) atoms. The lowest BCUT2D eigenvalue weighted by Crippen LogP contribution is -2.63. The maximum atomic E-state index is 13.7. The van der Waals surface area contributed by atoms with Crippen molar-refractivity contribution in [2.24, 2.45) is 29.6 Å². The quantitative estimate of drug-likeness (QED) is 0.424. The minimum absolute atomic E-state index is 0.169. The summed E-state index contributed by atoms with van der Waals surface area (Å²) in [5, 5.41) is 24.9. The van der Waals surface area contributed by atoms with E-state index in [-0.39, 0.29) is 24.3 Å². The van der Waals surface area contributed by atoms with Crippen molar-refractivity contribution >= 4 is 17.8 Å². The molecule has 1 spiro atoms. The van der Waals surface area contributed by atoms with Crippen molar-refractivity contribution in [2.75, 3.05) is 0 Å². The van der Waals surface area contributed by atoms with E-state index in [1.807, 2.05) is 44.2 Å². The minimum atomic E-state index is -1.84. The lowest BCUT2D eigenvalue weighted by Gasteiger charge is -2.50. The largest absolute Gasteiger partial charge is 0.514 e. The van der Waals surface area contributed by atoms with Gasteiger partial charge < -0.3 is 25.0 Å². The van der Waals surface area contributed by atoms with Crippen LogP contribution in [0.5, 0.6) is 0 Å². The summed E-state index contributed by atoms with van der Waals surface area (Å²) in [7, 11) is 0. The molecule has 1 aromatic rings. The lowest BCUT2D eigenvalue weighted by molar-refractivity contribution is -0.176. The van der Waals surface area contributed by atoms with E-state index in [1.165, 1.54) is 6.92 Å². The number of benzene rings is 1. The zero-order valence-electron chi connectivity index (χ0n) is 21.1. The van der Waals surface area contributed by atoms with Crippen LogP contribution in [-0.2, 0) is 25.5 Å². The van der Waals surface area contributed by atoms with Crippen LogP contribution in [0.25, 0.3) is 0 Å². The van der Waals surface area contributed by atoms with Crippen LogP contribution in [0, 0.1) is 29.6 Å². The number of nitrogens with one attached hydrogen (secondary N) is 1. The number of carbonyl (C=O) groups is 3. The molecule has 1 saturated heterocycles. The molecule has 194 valence electrons. The summed E-state index contributed by atoms with van der Waals surface area (Å²) < 4.78 is 11.0. The minimum Gasteiger partial charge on any atom is -0.416 e. The predicted molar refractivity (Wildman–Crippen MR) is 131 cm³/mol. The fourth-order valence-corrected chi connectivity index (χ4v) is 6.16. The molecule has 8 heteroatoms. The number of Topliss-reactive ketones (excluding diaryl/α,β-unsaturated/α-hetero) is 1. The second kappa shape index (κ2) is 9.82. The van der Waals surface area contributed by atoms with Crippen molar-refractivity contribution in [3.05, 3.63) is 60.4 Å². The van der Waals surface area contributed by atoms with Crippen molar-refractivity contribution in [3.8, 4) is 0 Å². The van der Waals surface area contributed by atoms with E-state index >= 15 is 0 Å². The van der Waals surface area contributed by atoms with Crippen LogP contribution in [0.15, 0.2) is 54.8 Å². The van der Waals surface area contributed by atoms with E-state index in [0.717, 1.165) is 17.9 Å². The van der Waals surface area contributed by atoms with E-state index in [0.29, 0.717) is 6.42 Å². The average molecular weight is 498 g/mol. The zero-order chi connectivity index (χ0) is 26.3. The predicted octanol–water partition coefficient (Wildman–Crippen LogP) is 2.93. The zero-order valence-corrected chi connectivity index (χ0v) is 21.1. The van der Waals surface area contributed by atoms with E-state index in [2.05, 4.69) is 5.32 Å². The second-order valence-corrected chi connectivity index (χ2v) is 10.7. The molecule has 3 N–H and O–H groups in total. The Hall–Kier alpha value is -2.97. The second-order valence-electron chi connectivity index (χ2n) is 10.7. The highest BCUT2D eigenvalue weighted by atomic mass is 16.7. The van der Waals surface area contributed by atoms with Gasteiger partial charge in [0.1, 0.15) is 5.60 Å². The van der Waals surface area contributed by atoms with Gasteiger partial charge in [0.15, 0.2) is 5.78 Å². The van der Waals surface area contributed by atoms with Crippen LogP contribution in [0.4, 0.5) is 4.79 Å². The van der Waals surface area contributed by atoms with Crippen molar-refractivity contribution in [1.82, 2.24) is 5.32 Å². The fraction of sp³-hybridized carbons (Fsp3) is 0.536. The van der Waals surface area contributed by atoms with Crippen LogP contribution < -0.4 is 5.32 Å². The first-order valence-corrected chi connectivity index (χ1v) is 12.5. The molecular formula is C28H35NO7. The molecule has 8 nitrogen and oxygen atoms in total. The number of hydrogen-bond donors (Lipinski definition) is 3. The summed E-state index contributed by atoms with van der Waals surface area (Å²) in [6.45, 7) is 6.91. The molecule has 0 aromatic heterocycles. The molecule has 0 bridgehead atoms. The number of rotatable bonds is 2. The van der Waals surface area contributed by atoms with Gasteiger partial charge >= 0.3 is 6.16 Å². The number of allylic oxidation sites excluding steroid dienone is 1. The first kappa shape index (κ1) is 26.1. The van der Waals surface area contributed by atoms with E-state index < -0.39 is 52.9 Å². The van der Waals surface area contributed by atoms with Gasteiger partial charge in [0.05, 0.1) is 18.3 Å². The molecule has 3 aliphatic rings. The van der Waals surface area contributed by atoms with Crippen LogP contribution in [0.3, 0.4) is 0 Å². The monoisotopic (exact) mass is 497 g/mol. The highest BCUT2D eigenvalue weighted by molar-refractivity contribution is 5.92. The standard InChI is InChI=1S/C28H35NO7/c1-16-9-8-12-20-23(30)18(3)17(2)22-21(15-19-10-6-5-7-11-19)29-25(32)28(20,22)36-26(33)35-14-13-27(4,34)24(16)31/h5-8,10-14,16-18,20-23,30,34H,9,15H2,1-4H3,(H,29,32)/t16-,17+,18-,20-,21-,22-,23-,27+,28+/m0/s1. The summed E-state index contributed by atoms with van der Waals surface area (Å²) in [6.07, 6.45) is 4.11. The Labute approximate surface area is 211 Å². The first-order chi connectivity index (χ1) is 17.0. The van der Waals surface area contributed by atoms with E-state index in [9.17, 15) is 24.6 Å². The Morgan fingerprint density at radius 3 is 2.47 bits per heavy atom. The van der Waals surface area contributed by atoms with Crippen molar-refractivity contribution in [1.29, 1.82) is 0 Å². The Morgan fingerprint density at radius 2 is 1.78 bits per heavy atom. The Kier molecular flexibility index (Phi) is 7.12. The Morgan fingerprint density at radius 1 is 1.08 bits per heavy atom. The van der Waals surface area contributed by atoms with Gasteiger partial charge in [0.25, 0.3) is 5.91 Å². The van der Waals surface area contributed by atoms with Crippen molar-refractivity contribution < 1.29 is 34.1 Å². The molecule has 1 aromatic carbocycles. The van der Waals surface area contributed by atoms with Crippen LogP contribution in [0.1, 0.15) is 39.7 Å². The van der Waals surface area contributed by atoms with Gasteiger partial charge in [-0.1, -0.05) is 63.3 Å². The third kappa shape index (κ3) is 4.48. The van der Waals surface area contributed by atoms with Gasteiger partial charge in [0, 0.05) is 17.9 Å². The molecule has 1 saturated carbocycles. The molecule has 0 unspecified atom stereocenters. The summed E-state index contributed by atoms with van der Waals surface area (Å²) in [5.74, 6) is -3.13. The number of hydrogen-bond acceptors (Lipinski definition) is 7. The highest BCUT2D eigenvalue weighted by Gasteiger charge is 2.68. The maximum Gasteiger partial charge on any atom is 0.514 e. The van der Waals surface area contributed by atoms with Gasteiger partial charge in [-0.05, 0) is 43.2 Å². The molecular weight excluding hydrogens is 462 g/mol. The third-order valence-corrected chi connectivity index (χ3v) is 8.28. The van der Waals surface area contributed by atoms with Crippen molar-refractivity contribution in [3.63, 3.8) is 0 Å². The number of carbonyl (C=O) groups excluding carboxylic acids is 3. The molecule has 2 fully saturated rings. The summed E-state index contributed by atoms with van der Waals surface area (Å²) in [6, 6.07) is 9.41. The van der Waals surface area contributed by atoms with Gasteiger partial charge in [-0.3, -0.25) is 9.59 Å². The number of ether oxygens (including phenoxy) is 2. The van der Waals surface area contributed by atoms with Gasteiger partial charge in [0.2, 0.25) is 5.60 Å². The van der Waals surface area contributed by atoms with Crippen LogP contribution >= 0.6 is 0 Å². The normalized spacial score (nSPS) is 41.1. The number of aliphatic hydroxyl groups excluding tert-OH is 1. The van der Waals surface area contributed by atoms with Gasteiger partial charge in [-0.15, -0.1) is 0 Å². The Bertz CT molecular complexity index is 1060. The smallest absolute Gasteiger partial charge is 0.416 e. The first-order valence-electron chi connectivity index (χ1n) is 12.5. The van der Waals surface area contributed by atoms with Gasteiger partial charge in [-0.2, -0.15) is 0 Å². The van der Waals surface area contributed by atoms with Crippen LogP contribution in [-0.4, -0.2) is 51.4 Å². The summed E-state index contributed by atoms with van der Waals surface area (Å²) in [4.78, 5) is 39.3. The van der Waals surface area contributed by atoms with E-state index in [1.54, 1.807) is 19.1 Å². The molecule has 0 radical (unpaired) electrons. The highest BCUT2D eigenvalue weighted by Crippen LogP contribution is 2.53. The third-order valence-electron chi connectivity index (χ3n) is 8.28. The molecule has 4 rings (SSSR count). The number of ketones is 1. The molecule has 1 aliphatic carbocycles. The number of aliphatic hydroxyl groups is 2. The molecule has 2 heterocycles. The van der Waals surface area contributed by atoms with Crippen molar-refractivity contribution in [2.45, 2.75) is 63.9 Å². The maximum absolute atomic E-state index is 13.7. The average Bonchev–Trinajstić information content (AvgIpc) is 3.10. The SMILES string of the molecule is C[C@@H]1[C@H](C)[C@H](O)[C@@H]2C=CC[C@H](C)C(=O)[C@](C)(O)C=COC(=O)O[C@]23C(=O)N[C@@H](Cc2ccccc2)[C@H]13. The molecule has 1 amide bonds. The number of cyclic esters (lactones) is 1. The Balaban J connectivity index is 1.79. The van der Waals surface area contributed by atoms with E-state index in [4.69, 9.17) is 9.47 Å². The summed E-state index contributed by atoms with van der Waals surface area (Å²) in [5.41, 5.74) is -2.51. The molecule has 2 aliphatic heterocycles.